The molecule has 2 aromatic rings. The van der Waals surface area contributed by atoms with Crippen molar-refractivity contribution in [3.8, 4) is 0 Å². The van der Waals surface area contributed by atoms with E-state index in [4.69, 9.17) is 11.6 Å². The molecule has 0 spiro atoms. The van der Waals surface area contributed by atoms with Gasteiger partial charge in [-0.25, -0.2) is 4.98 Å². The average molecular weight is 293 g/mol. The first-order valence-electron chi connectivity index (χ1n) is 7.04. The molecule has 1 atom stereocenters. The van der Waals surface area contributed by atoms with Crippen LogP contribution in [0.5, 0.6) is 0 Å². The van der Waals surface area contributed by atoms with Gasteiger partial charge in [-0.05, 0) is 37.0 Å². The van der Waals surface area contributed by atoms with Crippen LogP contribution in [-0.4, -0.2) is 20.3 Å². The summed E-state index contributed by atoms with van der Waals surface area (Å²) in [6, 6.07) is 7.83. The molecule has 0 aliphatic rings. The van der Waals surface area contributed by atoms with Crippen molar-refractivity contribution in [3.05, 3.63) is 53.6 Å². The highest BCUT2D eigenvalue weighted by Crippen LogP contribution is 2.23. The van der Waals surface area contributed by atoms with Crippen LogP contribution in [0.15, 0.2) is 43.0 Å². The third-order valence-corrected chi connectivity index (χ3v) is 3.80. The van der Waals surface area contributed by atoms with Gasteiger partial charge in [-0.1, -0.05) is 37.1 Å². The molecule has 0 amide bonds. The Morgan fingerprint density at radius 2 is 2.00 bits per heavy atom. The van der Waals surface area contributed by atoms with Crippen molar-refractivity contribution in [2.45, 2.75) is 44.8 Å². The normalized spacial score (nSPS) is 14.2. The summed E-state index contributed by atoms with van der Waals surface area (Å²) in [4.78, 5) is 4.03. The fraction of sp³-hybridized carbons (Fsp3) is 0.438. The Balaban J connectivity index is 1.99. The minimum Gasteiger partial charge on any atom is -0.388 e. The molecule has 1 heterocycles. The van der Waals surface area contributed by atoms with Gasteiger partial charge in [-0.15, -0.1) is 0 Å². The summed E-state index contributed by atoms with van der Waals surface area (Å²) in [5.41, 5.74) is 0.518. The summed E-state index contributed by atoms with van der Waals surface area (Å²) < 4.78 is 1.94. The van der Waals surface area contributed by atoms with Crippen LogP contribution in [0.2, 0.25) is 5.02 Å². The number of benzene rings is 1. The minimum absolute atomic E-state index is 0.592. The number of hydrogen-bond donors (Lipinski definition) is 1. The fourth-order valence-electron chi connectivity index (χ4n) is 2.50. The molecule has 0 bridgehead atoms. The number of rotatable bonds is 7. The van der Waals surface area contributed by atoms with E-state index in [1.54, 1.807) is 12.5 Å². The van der Waals surface area contributed by atoms with Crippen LogP contribution in [0.1, 0.15) is 31.7 Å². The maximum absolute atomic E-state index is 10.8. The lowest BCUT2D eigenvalue weighted by Crippen LogP contribution is -2.34. The van der Waals surface area contributed by atoms with Crippen molar-refractivity contribution in [2.24, 2.45) is 0 Å². The van der Waals surface area contributed by atoms with Crippen molar-refractivity contribution in [1.82, 2.24) is 9.55 Å². The van der Waals surface area contributed by atoms with E-state index in [-0.39, 0.29) is 0 Å². The molecular weight excluding hydrogens is 272 g/mol. The first-order valence-corrected chi connectivity index (χ1v) is 7.42. The monoisotopic (exact) mass is 292 g/mol. The Morgan fingerprint density at radius 1 is 1.25 bits per heavy atom. The van der Waals surface area contributed by atoms with Crippen molar-refractivity contribution in [3.63, 3.8) is 0 Å². The van der Waals surface area contributed by atoms with E-state index < -0.39 is 5.60 Å². The van der Waals surface area contributed by atoms with Gasteiger partial charge < -0.3 is 9.67 Å². The van der Waals surface area contributed by atoms with Gasteiger partial charge in [-0.3, -0.25) is 0 Å². The molecule has 1 unspecified atom stereocenters. The summed E-state index contributed by atoms with van der Waals surface area (Å²) in [5.74, 6) is 0. The van der Waals surface area contributed by atoms with Crippen LogP contribution in [0.4, 0.5) is 0 Å². The number of aliphatic hydroxyl groups is 1. The topological polar surface area (TPSA) is 38.0 Å². The highest BCUT2D eigenvalue weighted by molar-refractivity contribution is 6.30. The number of imidazole rings is 1. The van der Waals surface area contributed by atoms with Crippen molar-refractivity contribution in [2.75, 3.05) is 0 Å². The fourth-order valence-corrected chi connectivity index (χ4v) is 2.62. The number of aryl methyl sites for hydroxylation is 1. The molecule has 0 saturated carbocycles. The zero-order valence-electron chi connectivity index (χ0n) is 11.8. The van der Waals surface area contributed by atoms with Gasteiger partial charge in [0.25, 0.3) is 0 Å². The number of aromatic nitrogens is 2. The van der Waals surface area contributed by atoms with E-state index in [1.807, 2.05) is 35.0 Å². The van der Waals surface area contributed by atoms with E-state index >= 15 is 0 Å². The van der Waals surface area contributed by atoms with Crippen LogP contribution in [0.3, 0.4) is 0 Å². The van der Waals surface area contributed by atoms with E-state index in [2.05, 4.69) is 11.9 Å². The predicted octanol–water partition coefficient (Wildman–Crippen LogP) is 3.70. The summed E-state index contributed by atoms with van der Waals surface area (Å²) in [6.45, 7) is 2.69. The molecule has 0 aliphatic carbocycles. The molecule has 0 saturated heterocycles. The molecule has 1 N–H and O–H groups in total. The Bertz CT molecular complexity index is 510. The SMILES string of the molecule is CCCC(O)(CCc1ccc(Cl)cc1)Cn1ccnc1. The first kappa shape index (κ1) is 15.1. The molecule has 0 aliphatic heterocycles. The van der Waals surface area contributed by atoms with Gasteiger partial charge in [0.15, 0.2) is 0 Å². The van der Waals surface area contributed by atoms with Crippen LogP contribution in [-0.2, 0) is 13.0 Å². The van der Waals surface area contributed by atoms with Crippen LogP contribution < -0.4 is 0 Å². The highest BCUT2D eigenvalue weighted by atomic mass is 35.5. The molecule has 108 valence electrons. The molecule has 20 heavy (non-hydrogen) atoms. The standard InChI is InChI=1S/C16H21ClN2O/c1-2-8-16(20,12-19-11-10-18-13-19)9-7-14-3-5-15(17)6-4-14/h3-6,10-11,13,20H,2,7-9,12H2,1H3. The molecule has 2 rings (SSSR count). The molecular formula is C16H21ClN2O. The molecule has 3 nitrogen and oxygen atoms in total. The van der Waals surface area contributed by atoms with Gasteiger partial charge in [0.05, 0.1) is 18.5 Å². The van der Waals surface area contributed by atoms with Gasteiger partial charge in [-0.2, -0.15) is 0 Å². The Morgan fingerprint density at radius 3 is 2.60 bits per heavy atom. The lowest BCUT2D eigenvalue weighted by Gasteiger charge is -2.28. The number of nitrogens with zero attached hydrogens (tertiary/aromatic N) is 2. The number of halogens is 1. The maximum Gasteiger partial charge on any atom is 0.0946 e. The number of hydrogen-bond acceptors (Lipinski definition) is 2. The van der Waals surface area contributed by atoms with Crippen LogP contribution in [0, 0.1) is 0 Å². The minimum atomic E-state index is -0.685. The molecule has 0 radical (unpaired) electrons. The zero-order valence-corrected chi connectivity index (χ0v) is 12.6. The van der Waals surface area contributed by atoms with Gasteiger partial charge >= 0.3 is 0 Å². The maximum atomic E-state index is 10.8. The summed E-state index contributed by atoms with van der Waals surface area (Å²) in [5, 5.41) is 11.6. The van der Waals surface area contributed by atoms with Crippen molar-refractivity contribution in [1.29, 1.82) is 0 Å². The van der Waals surface area contributed by atoms with E-state index in [9.17, 15) is 5.11 Å². The Kier molecular flexibility index (Phi) is 5.21. The summed E-state index contributed by atoms with van der Waals surface area (Å²) in [7, 11) is 0. The van der Waals surface area contributed by atoms with E-state index in [0.717, 1.165) is 30.7 Å². The lowest BCUT2D eigenvalue weighted by molar-refractivity contribution is 0.00553. The van der Waals surface area contributed by atoms with Gasteiger partial charge in [0.1, 0.15) is 0 Å². The quantitative estimate of drug-likeness (QED) is 0.845. The second kappa shape index (κ2) is 6.91. The van der Waals surface area contributed by atoms with E-state index in [1.165, 1.54) is 5.56 Å². The van der Waals surface area contributed by atoms with Crippen molar-refractivity contribution < 1.29 is 5.11 Å². The third kappa shape index (κ3) is 4.36. The Hall–Kier alpha value is -1.32. The second-order valence-electron chi connectivity index (χ2n) is 5.34. The molecule has 4 heteroatoms. The Labute approximate surface area is 125 Å². The lowest BCUT2D eigenvalue weighted by atomic mass is 9.90. The molecule has 1 aromatic carbocycles. The molecule has 0 fully saturated rings. The van der Waals surface area contributed by atoms with Crippen LogP contribution in [0.25, 0.3) is 0 Å². The summed E-state index contributed by atoms with van der Waals surface area (Å²) in [6.07, 6.45) is 8.73. The van der Waals surface area contributed by atoms with Crippen LogP contribution >= 0.6 is 11.6 Å². The summed E-state index contributed by atoms with van der Waals surface area (Å²) >= 11 is 5.89. The predicted molar refractivity (Wildman–Crippen MR) is 81.9 cm³/mol. The first-order chi connectivity index (χ1) is 9.61. The largest absolute Gasteiger partial charge is 0.388 e. The smallest absolute Gasteiger partial charge is 0.0946 e. The van der Waals surface area contributed by atoms with Crippen molar-refractivity contribution >= 4 is 11.6 Å². The second-order valence-corrected chi connectivity index (χ2v) is 5.77. The van der Waals surface area contributed by atoms with Gasteiger partial charge in [0.2, 0.25) is 0 Å². The highest BCUT2D eigenvalue weighted by Gasteiger charge is 2.26. The van der Waals surface area contributed by atoms with E-state index in [0.29, 0.717) is 6.54 Å². The van der Waals surface area contributed by atoms with Gasteiger partial charge in [0, 0.05) is 17.4 Å². The molecule has 1 aromatic heterocycles. The zero-order chi connectivity index (χ0) is 14.4. The third-order valence-electron chi connectivity index (χ3n) is 3.54. The average Bonchev–Trinajstić information content (AvgIpc) is 2.91.